The summed E-state index contributed by atoms with van der Waals surface area (Å²) in [7, 11) is 0. The molecule has 4 aromatic carbocycles. The van der Waals surface area contributed by atoms with E-state index < -0.39 is 0 Å². The van der Waals surface area contributed by atoms with E-state index in [1.807, 2.05) is 60.7 Å². The van der Waals surface area contributed by atoms with Crippen LogP contribution in [-0.4, -0.2) is 16.0 Å². The van der Waals surface area contributed by atoms with E-state index in [0.717, 1.165) is 26.4 Å². The number of nitrogens with zero attached hydrogens (tertiary/aromatic N) is 1. The van der Waals surface area contributed by atoms with E-state index in [2.05, 4.69) is 15.6 Å². The Kier molecular flexibility index (Phi) is 7.23. The van der Waals surface area contributed by atoms with Gasteiger partial charge in [-0.1, -0.05) is 54.1 Å². The molecule has 0 fully saturated rings. The zero-order valence-electron chi connectivity index (χ0n) is 18.9. The van der Waals surface area contributed by atoms with Crippen LogP contribution in [0.2, 0.25) is 5.02 Å². The van der Waals surface area contributed by atoms with Crippen LogP contribution in [0.5, 0.6) is 5.75 Å². The van der Waals surface area contributed by atoms with Crippen molar-refractivity contribution in [2.45, 2.75) is 6.61 Å². The van der Waals surface area contributed by atoms with E-state index >= 15 is 0 Å². The Bertz CT molecular complexity index is 1500. The first-order valence-corrected chi connectivity index (χ1v) is 12.7. The minimum Gasteiger partial charge on any atom is -0.489 e. The SMILES string of the molecule is O=C(NC(=S)Nc1ccc(Cl)c(-c2nc3ccccc3s2)c1)c1ccc(OCc2ccccc2)cc1. The van der Waals surface area contributed by atoms with Crippen LogP contribution in [0.1, 0.15) is 15.9 Å². The molecule has 1 heterocycles. The predicted octanol–water partition coefficient (Wildman–Crippen LogP) is 7.32. The Balaban J connectivity index is 1.21. The largest absolute Gasteiger partial charge is 0.489 e. The van der Waals surface area contributed by atoms with Gasteiger partial charge in [0.25, 0.3) is 5.91 Å². The first-order valence-electron chi connectivity index (χ1n) is 11.1. The van der Waals surface area contributed by atoms with E-state index in [1.54, 1.807) is 47.7 Å². The van der Waals surface area contributed by atoms with Crippen LogP contribution in [0, 0.1) is 0 Å². The third-order valence-electron chi connectivity index (χ3n) is 5.34. The first-order chi connectivity index (χ1) is 17.5. The van der Waals surface area contributed by atoms with Gasteiger partial charge in [0.1, 0.15) is 17.4 Å². The van der Waals surface area contributed by atoms with Crippen molar-refractivity contribution in [3.8, 4) is 16.3 Å². The smallest absolute Gasteiger partial charge is 0.257 e. The van der Waals surface area contributed by atoms with Crippen LogP contribution in [0.25, 0.3) is 20.8 Å². The second-order valence-electron chi connectivity index (χ2n) is 7.89. The van der Waals surface area contributed by atoms with Crippen molar-refractivity contribution in [1.29, 1.82) is 0 Å². The molecule has 5 rings (SSSR count). The predicted molar refractivity (Wildman–Crippen MR) is 151 cm³/mol. The van der Waals surface area contributed by atoms with Crippen molar-refractivity contribution in [1.82, 2.24) is 10.3 Å². The second kappa shape index (κ2) is 10.9. The number of para-hydroxylation sites is 1. The van der Waals surface area contributed by atoms with E-state index in [1.165, 1.54) is 0 Å². The Labute approximate surface area is 222 Å². The number of anilines is 1. The summed E-state index contributed by atoms with van der Waals surface area (Å²) in [6, 6.07) is 30.2. The molecule has 0 saturated carbocycles. The van der Waals surface area contributed by atoms with Crippen molar-refractivity contribution >= 4 is 62.1 Å². The highest BCUT2D eigenvalue weighted by atomic mass is 35.5. The summed E-state index contributed by atoms with van der Waals surface area (Å²) in [4.78, 5) is 17.4. The van der Waals surface area contributed by atoms with Crippen LogP contribution < -0.4 is 15.4 Å². The van der Waals surface area contributed by atoms with Gasteiger partial charge in [-0.15, -0.1) is 11.3 Å². The molecule has 1 aromatic heterocycles. The van der Waals surface area contributed by atoms with Gasteiger partial charge in [-0.2, -0.15) is 0 Å². The molecule has 5 nitrogen and oxygen atoms in total. The number of hydrogen-bond donors (Lipinski definition) is 2. The van der Waals surface area contributed by atoms with Crippen LogP contribution in [-0.2, 0) is 6.61 Å². The summed E-state index contributed by atoms with van der Waals surface area (Å²) in [5.74, 6) is 0.363. The normalized spacial score (nSPS) is 10.7. The zero-order chi connectivity index (χ0) is 24.9. The number of thiazole rings is 1. The topological polar surface area (TPSA) is 63.2 Å². The fraction of sp³-hybridized carbons (Fsp3) is 0.0357. The Morgan fingerprint density at radius 2 is 1.69 bits per heavy atom. The number of thiocarbonyl (C=S) groups is 1. The average molecular weight is 530 g/mol. The minimum atomic E-state index is -0.317. The molecule has 0 bridgehead atoms. The third-order valence-corrected chi connectivity index (χ3v) is 6.94. The third kappa shape index (κ3) is 5.71. The number of amides is 1. The maximum absolute atomic E-state index is 12.7. The maximum Gasteiger partial charge on any atom is 0.257 e. The summed E-state index contributed by atoms with van der Waals surface area (Å²) in [6.45, 7) is 0.459. The van der Waals surface area contributed by atoms with Gasteiger partial charge < -0.3 is 10.1 Å². The summed E-state index contributed by atoms with van der Waals surface area (Å²) >= 11 is 13.4. The van der Waals surface area contributed by atoms with Crippen LogP contribution >= 0.6 is 35.2 Å². The molecule has 0 atom stereocenters. The van der Waals surface area contributed by atoms with Gasteiger partial charge >= 0.3 is 0 Å². The summed E-state index contributed by atoms with van der Waals surface area (Å²) < 4.78 is 6.86. The lowest BCUT2D eigenvalue weighted by Crippen LogP contribution is -2.34. The lowest BCUT2D eigenvalue weighted by Gasteiger charge is -2.12. The number of nitrogens with one attached hydrogen (secondary N) is 2. The Hall–Kier alpha value is -3.78. The van der Waals surface area contributed by atoms with Gasteiger partial charge in [0.15, 0.2) is 5.11 Å². The van der Waals surface area contributed by atoms with Crippen LogP contribution in [0.15, 0.2) is 97.1 Å². The minimum absolute atomic E-state index is 0.182. The van der Waals surface area contributed by atoms with Crippen LogP contribution in [0.4, 0.5) is 5.69 Å². The molecule has 8 heteroatoms. The van der Waals surface area contributed by atoms with E-state index in [0.29, 0.717) is 28.6 Å². The highest BCUT2D eigenvalue weighted by Crippen LogP contribution is 2.35. The molecule has 2 N–H and O–H groups in total. The van der Waals surface area contributed by atoms with Gasteiger partial charge in [0.2, 0.25) is 0 Å². The molecule has 0 unspecified atom stereocenters. The molecule has 0 aliphatic heterocycles. The molecule has 0 saturated heterocycles. The number of carbonyl (C=O) groups excluding carboxylic acids is 1. The quantitative estimate of drug-likeness (QED) is 0.226. The van der Waals surface area contributed by atoms with Gasteiger partial charge in [-0.05, 0) is 72.4 Å². The molecule has 0 aliphatic carbocycles. The maximum atomic E-state index is 12.7. The molecule has 36 heavy (non-hydrogen) atoms. The molecule has 0 aliphatic rings. The number of benzene rings is 4. The van der Waals surface area contributed by atoms with Gasteiger partial charge in [0, 0.05) is 16.8 Å². The number of ether oxygens (including phenoxy) is 1. The molecule has 0 spiro atoms. The van der Waals surface area contributed by atoms with Crippen molar-refractivity contribution in [2.24, 2.45) is 0 Å². The highest BCUT2D eigenvalue weighted by molar-refractivity contribution is 7.80. The number of rotatable bonds is 6. The molecule has 1 amide bonds. The van der Waals surface area contributed by atoms with Gasteiger partial charge in [-0.3, -0.25) is 10.1 Å². The molecule has 178 valence electrons. The Morgan fingerprint density at radius 3 is 2.47 bits per heavy atom. The lowest BCUT2D eigenvalue weighted by atomic mass is 10.2. The van der Waals surface area contributed by atoms with Crippen molar-refractivity contribution < 1.29 is 9.53 Å². The number of carbonyl (C=O) groups is 1. The summed E-state index contributed by atoms with van der Waals surface area (Å²) in [6.07, 6.45) is 0. The van der Waals surface area contributed by atoms with E-state index in [4.69, 9.17) is 28.6 Å². The van der Waals surface area contributed by atoms with Crippen molar-refractivity contribution in [3.05, 3.63) is 113 Å². The molecular formula is C28H20ClN3O2S2. The van der Waals surface area contributed by atoms with Crippen LogP contribution in [0.3, 0.4) is 0 Å². The van der Waals surface area contributed by atoms with Crippen molar-refractivity contribution in [3.63, 3.8) is 0 Å². The summed E-state index contributed by atoms with van der Waals surface area (Å²) in [5, 5.41) is 7.35. The summed E-state index contributed by atoms with van der Waals surface area (Å²) in [5.41, 5.74) is 3.96. The monoisotopic (exact) mass is 529 g/mol. The fourth-order valence-electron chi connectivity index (χ4n) is 3.54. The second-order valence-corrected chi connectivity index (χ2v) is 9.73. The van der Waals surface area contributed by atoms with Gasteiger partial charge in [-0.25, -0.2) is 4.98 Å². The number of fused-ring (bicyclic) bond motifs is 1. The van der Waals surface area contributed by atoms with Gasteiger partial charge in [0.05, 0.1) is 15.2 Å². The average Bonchev–Trinajstić information content (AvgIpc) is 3.33. The first kappa shape index (κ1) is 23.9. The fourth-order valence-corrected chi connectivity index (χ4v) is 5.01. The number of aromatic nitrogens is 1. The lowest BCUT2D eigenvalue weighted by molar-refractivity contribution is 0.0977. The number of hydrogen-bond acceptors (Lipinski definition) is 5. The van der Waals surface area contributed by atoms with Crippen molar-refractivity contribution in [2.75, 3.05) is 5.32 Å². The molecule has 0 radical (unpaired) electrons. The number of halogens is 1. The zero-order valence-corrected chi connectivity index (χ0v) is 21.3. The standard InChI is InChI=1S/C28H20ClN3O2S2/c29-23-15-12-20(16-22(23)27-31-24-8-4-5-9-25(24)36-27)30-28(35)32-26(33)19-10-13-21(14-11-19)34-17-18-6-2-1-3-7-18/h1-16H,17H2,(H2,30,32,33,35). The molecule has 5 aromatic rings. The Morgan fingerprint density at radius 1 is 0.944 bits per heavy atom. The molecular weight excluding hydrogens is 510 g/mol. The van der Waals surface area contributed by atoms with E-state index in [-0.39, 0.29) is 11.0 Å². The highest BCUT2D eigenvalue weighted by Gasteiger charge is 2.13. The van der Waals surface area contributed by atoms with E-state index in [9.17, 15) is 4.79 Å².